The molecule has 1 aromatic carbocycles. The number of benzene rings is 1. The summed E-state index contributed by atoms with van der Waals surface area (Å²) in [6.45, 7) is 11.5. The Labute approximate surface area is 128 Å². The van der Waals surface area contributed by atoms with E-state index in [4.69, 9.17) is 0 Å². The maximum absolute atomic E-state index is 12.4. The molecule has 0 spiro atoms. The van der Waals surface area contributed by atoms with Crippen molar-refractivity contribution >= 4 is 11.6 Å². The monoisotopic (exact) mass is 289 g/mol. The third-order valence-corrected chi connectivity index (χ3v) is 4.41. The Hall–Kier alpha value is -1.39. The van der Waals surface area contributed by atoms with E-state index in [1.54, 1.807) is 0 Å². The summed E-state index contributed by atoms with van der Waals surface area (Å²) in [4.78, 5) is 17.0. The molecule has 116 valence electrons. The van der Waals surface area contributed by atoms with Gasteiger partial charge in [-0.1, -0.05) is 26.0 Å². The highest BCUT2D eigenvalue weighted by Gasteiger charge is 2.24. The van der Waals surface area contributed by atoms with Crippen LogP contribution in [-0.4, -0.2) is 54.5 Å². The molecule has 0 bridgehead atoms. The second-order valence-corrected chi connectivity index (χ2v) is 5.69. The molecule has 0 aromatic heterocycles. The van der Waals surface area contributed by atoms with Crippen molar-refractivity contribution in [3.63, 3.8) is 0 Å². The summed E-state index contributed by atoms with van der Waals surface area (Å²) in [5, 5.41) is 3.02. The first-order chi connectivity index (χ1) is 10.1. The summed E-state index contributed by atoms with van der Waals surface area (Å²) in [7, 11) is 0. The van der Waals surface area contributed by atoms with Crippen LogP contribution in [0.4, 0.5) is 5.69 Å². The second kappa shape index (κ2) is 7.57. The third kappa shape index (κ3) is 4.29. The predicted octanol–water partition coefficient (Wildman–Crippen LogP) is 2.21. The van der Waals surface area contributed by atoms with Gasteiger partial charge >= 0.3 is 0 Å². The molecule has 21 heavy (non-hydrogen) atoms. The Morgan fingerprint density at radius 1 is 1.14 bits per heavy atom. The maximum atomic E-state index is 12.4. The van der Waals surface area contributed by atoms with Gasteiger partial charge in [0, 0.05) is 31.9 Å². The van der Waals surface area contributed by atoms with Crippen molar-refractivity contribution in [2.24, 2.45) is 0 Å². The molecule has 1 fully saturated rings. The molecule has 1 unspecified atom stereocenters. The zero-order chi connectivity index (χ0) is 15.2. The number of anilines is 1. The van der Waals surface area contributed by atoms with E-state index < -0.39 is 0 Å². The average Bonchev–Trinajstić information content (AvgIpc) is 2.55. The minimum atomic E-state index is -0.0742. The normalized spacial score (nSPS) is 18.4. The Morgan fingerprint density at radius 2 is 1.76 bits per heavy atom. The molecular formula is C17H27N3O. The van der Waals surface area contributed by atoms with Crippen molar-refractivity contribution < 1.29 is 4.79 Å². The number of likely N-dealkylation sites (N-methyl/N-ethyl adjacent to an activating group) is 1. The minimum Gasteiger partial charge on any atom is -0.325 e. The maximum Gasteiger partial charge on any atom is 0.241 e. The first kappa shape index (κ1) is 16.0. The molecule has 1 heterocycles. The van der Waals surface area contributed by atoms with Crippen LogP contribution in [-0.2, 0) is 11.2 Å². The lowest BCUT2D eigenvalue weighted by molar-refractivity contribution is -0.121. The molecule has 0 radical (unpaired) electrons. The molecule has 4 heteroatoms. The van der Waals surface area contributed by atoms with Gasteiger partial charge in [-0.15, -0.1) is 0 Å². The van der Waals surface area contributed by atoms with Crippen LogP contribution in [0.3, 0.4) is 0 Å². The molecule has 1 aliphatic heterocycles. The van der Waals surface area contributed by atoms with Crippen molar-refractivity contribution in [3.05, 3.63) is 29.8 Å². The van der Waals surface area contributed by atoms with Crippen molar-refractivity contribution in [2.75, 3.05) is 38.0 Å². The zero-order valence-electron chi connectivity index (χ0n) is 13.4. The molecule has 1 N–H and O–H groups in total. The van der Waals surface area contributed by atoms with E-state index in [-0.39, 0.29) is 11.9 Å². The highest BCUT2D eigenvalue weighted by molar-refractivity contribution is 5.94. The van der Waals surface area contributed by atoms with Crippen LogP contribution in [0.25, 0.3) is 0 Å². The molecule has 0 saturated carbocycles. The molecule has 1 saturated heterocycles. The minimum absolute atomic E-state index is 0.0742. The van der Waals surface area contributed by atoms with Gasteiger partial charge in [0.1, 0.15) is 0 Å². The molecule has 2 rings (SSSR count). The summed E-state index contributed by atoms with van der Waals surface area (Å²) in [6, 6.07) is 8.03. The van der Waals surface area contributed by atoms with E-state index in [1.807, 2.05) is 19.1 Å². The summed E-state index contributed by atoms with van der Waals surface area (Å²) in [5.74, 6) is 0.0872. The lowest BCUT2D eigenvalue weighted by atomic mass is 10.1. The number of piperazine rings is 1. The van der Waals surface area contributed by atoms with Crippen LogP contribution in [0, 0.1) is 0 Å². The fourth-order valence-corrected chi connectivity index (χ4v) is 2.70. The number of aryl methyl sites for hydroxylation is 1. The van der Waals surface area contributed by atoms with Crippen molar-refractivity contribution in [1.29, 1.82) is 0 Å². The Morgan fingerprint density at radius 3 is 2.29 bits per heavy atom. The lowest BCUT2D eigenvalue weighted by Gasteiger charge is -2.36. The quantitative estimate of drug-likeness (QED) is 0.903. The van der Waals surface area contributed by atoms with Crippen LogP contribution in [0.5, 0.6) is 0 Å². The number of amides is 1. The van der Waals surface area contributed by atoms with Gasteiger partial charge in [-0.05, 0) is 37.6 Å². The molecule has 0 aliphatic carbocycles. The number of nitrogens with one attached hydrogen (secondary N) is 1. The SMILES string of the molecule is CCc1ccc(NC(=O)C(C)N2CCN(CC)CC2)cc1. The Balaban J connectivity index is 1.87. The first-order valence-corrected chi connectivity index (χ1v) is 8.00. The lowest BCUT2D eigenvalue weighted by Crippen LogP contribution is -2.52. The fraction of sp³-hybridized carbons (Fsp3) is 0.588. The number of nitrogens with zero attached hydrogens (tertiary/aromatic N) is 2. The molecule has 1 atom stereocenters. The Bertz CT molecular complexity index is 450. The van der Waals surface area contributed by atoms with E-state index in [9.17, 15) is 4.79 Å². The molecular weight excluding hydrogens is 262 g/mol. The largest absolute Gasteiger partial charge is 0.325 e. The summed E-state index contributed by atoms with van der Waals surface area (Å²) < 4.78 is 0. The number of hydrogen-bond acceptors (Lipinski definition) is 3. The van der Waals surface area contributed by atoms with Gasteiger partial charge in [-0.2, -0.15) is 0 Å². The van der Waals surface area contributed by atoms with E-state index in [0.717, 1.165) is 44.8 Å². The fourth-order valence-electron chi connectivity index (χ4n) is 2.70. The highest BCUT2D eigenvalue weighted by atomic mass is 16.2. The van der Waals surface area contributed by atoms with Crippen molar-refractivity contribution in [1.82, 2.24) is 9.80 Å². The van der Waals surface area contributed by atoms with Crippen LogP contribution in [0.15, 0.2) is 24.3 Å². The van der Waals surface area contributed by atoms with Gasteiger partial charge < -0.3 is 10.2 Å². The molecule has 1 aromatic rings. The van der Waals surface area contributed by atoms with Gasteiger partial charge in [0.25, 0.3) is 0 Å². The topological polar surface area (TPSA) is 35.6 Å². The van der Waals surface area contributed by atoms with E-state index >= 15 is 0 Å². The van der Waals surface area contributed by atoms with Gasteiger partial charge in [-0.3, -0.25) is 9.69 Å². The zero-order valence-corrected chi connectivity index (χ0v) is 13.4. The van der Waals surface area contributed by atoms with Crippen molar-refractivity contribution in [2.45, 2.75) is 33.2 Å². The van der Waals surface area contributed by atoms with Crippen LogP contribution >= 0.6 is 0 Å². The van der Waals surface area contributed by atoms with Crippen LogP contribution < -0.4 is 5.32 Å². The predicted molar refractivity (Wildman–Crippen MR) is 87.6 cm³/mol. The number of hydrogen-bond donors (Lipinski definition) is 1. The summed E-state index contributed by atoms with van der Waals surface area (Å²) >= 11 is 0. The van der Waals surface area contributed by atoms with E-state index in [2.05, 4.69) is 41.1 Å². The summed E-state index contributed by atoms with van der Waals surface area (Å²) in [5.41, 5.74) is 2.17. The van der Waals surface area contributed by atoms with Crippen LogP contribution in [0.1, 0.15) is 26.3 Å². The van der Waals surface area contributed by atoms with Gasteiger partial charge in [0.15, 0.2) is 0 Å². The van der Waals surface area contributed by atoms with Crippen LogP contribution in [0.2, 0.25) is 0 Å². The number of carbonyl (C=O) groups excluding carboxylic acids is 1. The van der Waals surface area contributed by atoms with Gasteiger partial charge in [0.05, 0.1) is 6.04 Å². The number of carbonyl (C=O) groups is 1. The van der Waals surface area contributed by atoms with Crippen molar-refractivity contribution in [3.8, 4) is 0 Å². The molecule has 4 nitrogen and oxygen atoms in total. The average molecular weight is 289 g/mol. The van der Waals surface area contributed by atoms with E-state index in [0.29, 0.717) is 0 Å². The first-order valence-electron chi connectivity index (χ1n) is 8.00. The Kier molecular flexibility index (Phi) is 5.76. The second-order valence-electron chi connectivity index (χ2n) is 5.69. The molecule has 1 amide bonds. The molecule has 1 aliphatic rings. The standard InChI is InChI=1S/C17H27N3O/c1-4-15-6-8-16(9-7-15)18-17(21)14(3)20-12-10-19(5-2)11-13-20/h6-9,14H,4-5,10-13H2,1-3H3,(H,18,21). The van der Waals surface area contributed by atoms with Gasteiger partial charge in [-0.25, -0.2) is 0 Å². The van der Waals surface area contributed by atoms with E-state index in [1.165, 1.54) is 5.56 Å². The summed E-state index contributed by atoms with van der Waals surface area (Å²) in [6.07, 6.45) is 1.02. The number of rotatable bonds is 5. The highest BCUT2D eigenvalue weighted by Crippen LogP contribution is 2.12. The third-order valence-electron chi connectivity index (χ3n) is 4.41. The smallest absolute Gasteiger partial charge is 0.241 e. The van der Waals surface area contributed by atoms with Gasteiger partial charge in [0.2, 0.25) is 5.91 Å².